The molecule has 3 N–H and O–H groups in total. The van der Waals surface area contributed by atoms with E-state index in [2.05, 4.69) is 15.3 Å². The summed E-state index contributed by atoms with van der Waals surface area (Å²) in [6, 6.07) is 6.42. The van der Waals surface area contributed by atoms with Gasteiger partial charge in [-0.25, -0.2) is 0 Å². The molecule has 3 fully saturated rings. The summed E-state index contributed by atoms with van der Waals surface area (Å²) in [6.45, 7) is 1.59. The van der Waals surface area contributed by atoms with Crippen molar-refractivity contribution in [2.24, 2.45) is 22.1 Å². The first kappa shape index (κ1) is 14.9. The number of hydrogen-bond donors (Lipinski definition) is 2. The maximum atomic E-state index is 6.16. The molecular formula is C18H26N4O. The lowest BCUT2D eigenvalue weighted by Gasteiger charge is -2.57. The van der Waals surface area contributed by atoms with Gasteiger partial charge >= 0.3 is 0 Å². The van der Waals surface area contributed by atoms with E-state index < -0.39 is 0 Å². The van der Waals surface area contributed by atoms with Crippen molar-refractivity contribution >= 4 is 5.96 Å². The minimum absolute atomic E-state index is 0.322. The van der Waals surface area contributed by atoms with Crippen molar-refractivity contribution in [3.8, 4) is 0 Å². The molecule has 124 valence electrons. The van der Waals surface area contributed by atoms with Crippen LogP contribution in [0.1, 0.15) is 37.8 Å². The second kappa shape index (κ2) is 6.11. The average molecular weight is 314 g/mol. The van der Waals surface area contributed by atoms with E-state index in [1.807, 2.05) is 24.4 Å². The van der Waals surface area contributed by atoms with Gasteiger partial charge in [0.2, 0.25) is 0 Å². The number of nitrogens with zero attached hydrogens (tertiary/aromatic N) is 2. The molecule has 3 atom stereocenters. The molecule has 3 unspecified atom stereocenters. The van der Waals surface area contributed by atoms with Gasteiger partial charge in [0.15, 0.2) is 5.96 Å². The van der Waals surface area contributed by atoms with Gasteiger partial charge in [0.05, 0.1) is 6.10 Å². The van der Waals surface area contributed by atoms with Gasteiger partial charge in [-0.15, -0.1) is 0 Å². The SMILES string of the molecule is NC(=NCCc1ccccn1)NC1C2CCOC2C12CCCC2. The Kier molecular flexibility index (Phi) is 3.97. The van der Waals surface area contributed by atoms with Crippen molar-refractivity contribution in [3.05, 3.63) is 30.1 Å². The summed E-state index contributed by atoms with van der Waals surface area (Å²) in [7, 11) is 0. The largest absolute Gasteiger partial charge is 0.377 e. The first-order chi connectivity index (χ1) is 11.3. The van der Waals surface area contributed by atoms with Crippen LogP contribution < -0.4 is 11.1 Å². The molecule has 1 aromatic heterocycles. The van der Waals surface area contributed by atoms with Crippen LogP contribution in [-0.2, 0) is 11.2 Å². The van der Waals surface area contributed by atoms with Gasteiger partial charge in [-0.05, 0) is 31.4 Å². The fourth-order valence-corrected chi connectivity index (χ4v) is 4.95. The molecule has 4 rings (SSSR count). The van der Waals surface area contributed by atoms with Crippen molar-refractivity contribution in [2.45, 2.75) is 50.7 Å². The third kappa shape index (κ3) is 2.61. The summed E-state index contributed by atoms with van der Waals surface area (Å²) >= 11 is 0. The molecule has 0 radical (unpaired) electrons. The third-order valence-electron chi connectivity index (χ3n) is 5.97. The first-order valence-corrected chi connectivity index (χ1v) is 8.87. The van der Waals surface area contributed by atoms with E-state index in [1.54, 1.807) is 0 Å². The molecule has 1 aromatic rings. The number of pyridine rings is 1. The fourth-order valence-electron chi connectivity index (χ4n) is 4.95. The Hall–Kier alpha value is -1.62. The van der Waals surface area contributed by atoms with E-state index in [0.717, 1.165) is 25.1 Å². The standard InChI is InChI=1S/C18H26N4O/c19-17(21-11-6-13-5-1-4-10-20-13)22-15-14-7-12-23-16(14)18(15)8-2-3-9-18/h1,4-5,10,14-16H,2-3,6-9,11-12H2,(H3,19,21,22). The summed E-state index contributed by atoms with van der Waals surface area (Å²) in [5.41, 5.74) is 7.54. The smallest absolute Gasteiger partial charge is 0.188 e. The maximum absolute atomic E-state index is 6.16. The molecule has 2 aliphatic carbocycles. The number of fused-ring (bicyclic) bond motifs is 2. The van der Waals surface area contributed by atoms with Crippen molar-refractivity contribution in [3.63, 3.8) is 0 Å². The predicted molar refractivity (Wildman–Crippen MR) is 90.1 cm³/mol. The van der Waals surface area contributed by atoms with Crippen molar-refractivity contribution in [1.29, 1.82) is 0 Å². The quantitative estimate of drug-likeness (QED) is 0.657. The van der Waals surface area contributed by atoms with Crippen molar-refractivity contribution < 1.29 is 4.74 Å². The highest BCUT2D eigenvalue weighted by Gasteiger charge is 2.64. The lowest BCUT2D eigenvalue weighted by molar-refractivity contribution is -0.124. The number of aliphatic imine (C=N–C) groups is 1. The Bertz CT molecular complexity index is 568. The number of guanidine groups is 1. The molecule has 0 bridgehead atoms. The summed E-state index contributed by atoms with van der Waals surface area (Å²) in [6.07, 6.45) is 9.45. The molecule has 2 heterocycles. The normalized spacial score (nSPS) is 31.8. The van der Waals surface area contributed by atoms with Gasteiger partial charge in [-0.3, -0.25) is 9.98 Å². The lowest BCUT2D eigenvalue weighted by atomic mass is 9.54. The molecule has 1 aliphatic heterocycles. The zero-order valence-corrected chi connectivity index (χ0v) is 13.6. The Morgan fingerprint density at radius 2 is 2.26 bits per heavy atom. The van der Waals surface area contributed by atoms with Crippen LogP contribution in [0.4, 0.5) is 0 Å². The second-order valence-corrected chi connectivity index (χ2v) is 7.14. The molecule has 23 heavy (non-hydrogen) atoms. The minimum atomic E-state index is 0.322. The van der Waals surface area contributed by atoms with E-state index >= 15 is 0 Å². The van der Waals surface area contributed by atoms with Gasteiger partial charge < -0.3 is 15.8 Å². The molecule has 5 heteroatoms. The number of hydrogen-bond acceptors (Lipinski definition) is 3. The number of ether oxygens (including phenoxy) is 1. The number of nitrogens with one attached hydrogen (secondary N) is 1. The monoisotopic (exact) mass is 314 g/mol. The number of rotatable bonds is 4. The highest BCUT2D eigenvalue weighted by molar-refractivity contribution is 5.78. The summed E-state index contributed by atoms with van der Waals surface area (Å²) in [5.74, 6) is 1.21. The third-order valence-corrected chi connectivity index (χ3v) is 5.97. The van der Waals surface area contributed by atoms with Gasteiger partial charge in [0, 0.05) is 48.8 Å². The van der Waals surface area contributed by atoms with Gasteiger partial charge in [0.1, 0.15) is 0 Å². The van der Waals surface area contributed by atoms with Crippen LogP contribution in [0.3, 0.4) is 0 Å². The van der Waals surface area contributed by atoms with E-state index in [4.69, 9.17) is 10.5 Å². The van der Waals surface area contributed by atoms with Crippen LogP contribution in [0.2, 0.25) is 0 Å². The Morgan fingerprint density at radius 1 is 1.39 bits per heavy atom. The molecule has 2 saturated carbocycles. The molecule has 1 saturated heterocycles. The van der Waals surface area contributed by atoms with Crippen LogP contribution in [0.5, 0.6) is 0 Å². The van der Waals surface area contributed by atoms with E-state index in [-0.39, 0.29) is 0 Å². The highest BCUT2D eigenvalue weighted by atomic mass is 16.5. The van der Waals surface area contributed by atoms with Gasteiger partial charge in [0.25, 0.3) is 0 Å². The predicted octanol–water partition coefficient (Wildman–Crippen LogP) is 1.88. The number of aromatic nitrogens is 1. The first-order valence-electron chi connectivity index (χ1n) is 8.87. The Balaban J connectivity index is 1.36. The zero-order valence-electron chi connectivity index (χ0n) is 13.6. The Morgan fingerprint density at radius 3 is 3.04 bits per heavy atom. The van der Waals surface area contributed by atoms with Crippen LogP contribution >= 0.6 is 0 Å². The molecule has 5 nitrogen and oxygen atoms in total. The summed E-state index contributed by atoms with van der Waals surface area (Å²) in [5, 5.41) is 3.53. The molecule has 0 amide bonds. The molecular weight excluding hydrogens is 288 g/mol. The molecule has 0 aromatic carbocycles. The Labute approximate surface area is 137 Å². The lowest BCUT2D eigenvalue weighted by Crippen LogP contribution is -2.69. The maximum Gasteiger partial charge on any atom is 0.188 e. The average Bonchev–Trinajstić information content (AvgIpc) is 3.22. The molecule has 1 spiro atoms. The van der Waals surface area contributed by atoms with E-state index in [1.165, 1.54) is 25.7 Å². The van der Waals surface area contributed by atoms with Gasteiger partial charge in [-0.1, -0.05) is 18.9 Å². The van der Waals surface area contributed by atoms with E-state index in [0.29, 0.717) is 36.0 Å². The van der Waals surface area contributed by atoms with Crippen molar-refractivity contribution in [1.82, 2.24) is 10.3 Å². The van der Waals surface area contributed by atoms with Crippen LogP contribution in [0.15, 0.2) is 29.4 Å². The van der Waals surface area contributed by atoms with Crippen LogP contribution in [0, 0.1) is 11.3 Å². The summed E-state index contributed by atoms with van der Waals surface area (Å²) in [4.78, 5) is 8.83. The number of nitrogens with two attached hydrogens (primary N) is 1. The van der Waals surface area contributed by atoms with E-state index in [9.17, 15) is 0 Å². The van der Waals surface area contributed by atoms with Crippen molar-refractivity contribution in [2.75, 3.05) is 13.2 Å². The summed E-state index contributed by atoms with van der Waals surface area (Å²) < 4.78 is 6.01. The highest BCUT2D eigenvalue weighted by Crippen LogP contribution is 2.60. The fraction of sp³-hybridized carbons (Fsp3) is 0.667. The zero-order chi connectivity index (χ0) is 15.7. The molecule has 3 aliphatic rings. The van der Waals surface area contributed by atoms with Crippen LogP contribution in [0.25, 0.3) is 0 Å². The second-order valence-electron chi connectivity index (χ2n) is 7.14. The van der Waals surface area contributed by atoms with Crippen LogP contribution in [-0.4, -0.2) is 36.2 Å². The topological polar surface area (TPSA) is 72.5 Å². The van der Waals surface area contributed by atoms with Gasteiger partial charge in [-0.2, -0.15) is 0 Å². The minimum Gasteiger partial charge on any atom is -0.377 e.